The van der Waals surface area contributed by atoms with Crippen LogP contribution in [0.4, 0.5) is 0 Å². The summed E-state index contributed by atoms with van der Waals surface area (Å²) in [5.41, 5.74) is 6.19. The predicted octanol–water partition coefficient (Wildman–Crippen LogP) is -2.35. The van der Waals surface area contributed by atoms with Crippen molar-refractivity contribution in [2.45, 2.75) is 24.5 Å². The number of amides is 3. The first-order valence-corrected chi connectivity index (χ1v) is 9.03. The highest BCUT2D eigenvalue weighted by Gasteiger charge is 2.24. The molecule has 0 saturated carbocycles. The summed E-state index contributed by atoms with van der Waals surface area (Å²) >= 11 is 3.86. The fraction of sp³-hybridized carbons (Fsp3) is 0.412. The monoisotopic (exact) mass is 412 g/mol. The molecule has 10 nitrogen and oxygen atoms in total. The Hall–Kier alpha value is -2.63. The maximum Gasteiger partial charge on any atom is 0.326 e. The first kappa shape index (κ1) is 23.4. The molecular formula is C17H24N4O6S. The summed E-state index contributed by atoms with van der Waals surface area (Å²) < 4.78 is 0. The summed E-state index contributed by atoms with van der Waals surface area (Å²) in [5.74, 6) is -3.39. The average molecular weight is 412 g/mol. The van der Waals surface area contributed by atoms with Crippen LogP contribution >= 0.6 is 12.6 Å². The fourth-order valence-electron chi connectivity index (χ4n) is 2.14. The third kappa shape index (κ3) is 7.94. The van der Waals surface area contributed by atoms with E-state index in [1.807, 2.05) is 0 Å². The second kappa shape index (κ2) is 12.0. The van der Waals surface area contributed by atoms with Gasteiger partial charge in [0, 0.05) is 12.2 Å². The summed E-state index contributed by atoms with van der Waals surface area (Å²) in [6.45, 7) is -1.23. The molecule has 0 radical (unpaired) electrons. The molecule has 154 valence electrons. The summed E-state index contributed by atoms with van der Waals surface area (Å²) in [4.78, 5) is 47.0. The maximum absolute atomic E-state index is 12.0. The first-order valence-electron chi connectivity index (χ1n) is 8.40. The van der Waals surface area contributed by atoms with Gasteiger partial charge in [0.1, 0.15) is 12.1 Å². The minimum atomic E-state index is -1.30. The van der Waals surface area contributed by atoms with Crippen LogP contribution in [0.15, 0.2) is 30.3 Å². The van der Waals surface area contributed by atoms with Gasteiger partial charge in [-0.3, -0.25) is 14.4 Å². The quantitative estimate of drug-likeness (QED) is 0.199. The number of benzene rings is 1. The summed E-state index contributed by atoms with van der Waals surface area (Å²) in [7, 11) is 0. The van der Waals surface area contributed by atoms with Crippen LogP contribution in [0.5, 0.6) is 0 Å². The Morgan fingerprint density at radius 3 is 2.21 bits per heavy atom. The van der Waals surface area contributed by atoms with Crippen LogP contribution in [0, 0.1) is 0 Å². The van der Waals surface area contributed by atoms with E-state index in [-0.39, 0.29) is 12.2 Å². The number of aliphatic carboxylic acids is 1. The van der Waals surface area contributed by atoms with Crippen molar-refractivity contribution < 1.29 is 29.4 Å². The molecule has 1 aromatic rings. The van der Waals surface area contributed by atoms with Crippen LogP contribution in [-0.2, 0) is 25.6 Å². The topological polar surface area (TPSA) is 171 Å². The van der Waals surface area contributed by atoms with Crippen LogP contribution in [-0.4, -0.2) is 70.9 Å². The lowest BCUT2D eigenvalue weighted by Crippen LogP contribution is -2.55. The van der Waals surface area contributed by atoms with Crippen LogP contribution in [0.3, 0.4) is 0 Å². The highest BCUT2D eigenvalue weighted by Crippen LogP contribution is 2.03. The molecular weight excluding hydrogens is 388 g/mol. The molecule has 7 N–H and O–H groups in total. The van der Waals surface area contributed by atoms with Crippen molar-refractivity contribution in [3.05, 3.63) is 35.9 Å². The second-order valence-corrected chi connectivity index (χ2v) is 6.26. The van der Waals surface area contributed by atoms with E-state index in [4.69, 9.17) is 5.73 Å². The number of carboxylic acids is 1. The lowest BCUT2D eigenvalue weighted by molar-refractivity contribution is -0.141. The Bertz CT molecular complexity index is 687. The molecule has 0 saturated heterocycles. The van der Waals surface area contributed by atoms with Crippen molar-refractivity contribution in [1.29, 1.82) is 0 Å². The number of carboxylic acid groups (broad SMARTS) is 1. The number of aliphatic hydroxyl groups excluding tert-OH is 1. The molecule has 28 heavy (non-hydrogen) atoms. The first-order chi connectivity index (χ1) is 13.3. The third-order valence-electron chi connectivity index (χ3n) is 3.69. The molecule has 0 aliphatic carbocycles. The Kier molecular flexibility index (Phi) is 9.99. The number of hydrogen-bond acceptors (Lipinski definition) is 7. The average Bonchev–Trinajstić information content (AvgIpc) is 2.69. The smallest absolute Gasteiger partial charge is 0.326 e. The van der Waals surface area contributed by atoms with Gasteiger partial charge in [-0.2, -0.15) is 12.6 Å². The van der Waals surface area contributed by atoms with Crippen LogP contribution in [0.2, 0.25) is 0 Å². The lowest BCUT2D eigenvalue weighted by atomic mass is 10.1. The molecule has 3 atom stereocenters. The molecule has 3 amide bonds. The predicted molar refractivity (Wildman–Crippen MR) is 104 cm³/mol. The molecule has 0 heterocycles. The molecule has 3 unspecified atom stereocenters. The highest BCUT2D eigenvalue weighted by atomic mass is 32.1. The van der Waals surface area contributed by atoms with Crippen LogP contribution in [0.25, 0.3) is 0 Å². The van der Waals surface area contributed by atoms with Crippen molar-refractivity contribution in [3.63, 3.8) is 0 Å². The number of aliphatic hydroxyl groups is 1. The number of nitrogens with one attached hydrogen (secondary N) is 3. The van der Waals surface area contributed by atoms with E-state index < -0.39 is 55.0 Å². The Morgan fingerprint density at radius 1 is 1.04 bits per heavy atom. The zero-order valence-corrected chi connectivity index (χ0v) is 15.9. The van der Waals surface area contributed by atoms with Gasteiger partial charge in [0.2, 0.25) is 17.7 Å². The zero-order valence-electron chi connectivity index (χ0n) is 15.0. The molecule has 0 aromatic heterocycles. The van der Waals surface area contributed by atoms with Gasteiger partial charge >= 0.3 is 5.97 Å². The van der Waals surface area contributed by atoms with Gasteiger partial charge in [0.05, 0.1) is 19.2 Å². The number of hydrogen-bond donors (Lipinski definition) is 7. The van der Waals surface area contributed by atoms with Gasteiger partial charge in [-0.1, -0.05) is 30.3 Å². The van der Waals surface area contributed by atoms with E-state index in [1.165, 1.54) is 0 Å². The van der Waals surface area contributed by atoms with E-state index in [0.29, 0.717) is 0 Å². The Balaban J connectivity index is 2.55. The van der Waals surface area contributed by atoms with Crippen molar-refractivity contribution in [1.82, 2.24) is 16.0 Å². The van der Waals surface area contributed by atoms with E-state index in [9.17, 15) is 29.4 Å². The molecule has 11 heteroatoms. The molecule has 1 rings (SSSR count). The largest absolute Gasteiger partial charge is 0.480 e. The molecule has 0 aliphatic rings. The Labute approximate surface area is 167 Å². The zero-order chi connectivity index (χ0) is 21.1. The number of rotatable bonds is 11. The van der Waals surface area contributed by atoms with Gasteiger partial charge in [-0.15, -0.1) is 0 Å². The standard InChI is InChI=1S/C17H24N4O6S/c18-11(9-28)15(24)21-13(8-22)16(25)19-7-14(23)20-12(17(26)27)6-10-4-2-1-3-5-10/h1-5,11-13,22,28H,6-9,18H2,(H,19,25)(H,20,23)(H,21,24)(H,26,27). The minimum absolute atomic E-state index is 0.0476. The molecule has 0 spiro atoms. The highest BCUT2D eigenvalue weighted by molar-refractivity contribution is 7.80. The minimum Gasteiger partial charge on any atom is -0.480 e. The Morgan fingerprint density at radius 2 is 1.68 bits per heavy atom. The van der Waals surface area contributed by atoms with Crippen molar-refractivity contribution in [3.8, 4) is 0 Å². The number of nitrogens with two attached hydrogens (primary N) is 1. The number of carbonyl (C=O) groups excluding carboxylic acids is 3. The van der Waals surface area contributed by atoms with E-state index in [1.54, 1.807) is 30.3 Å². The SMILES string of the molecule is NC(CS)C(=O)NC(CO)C(=O)NCC(=O)NC(Cc1ccccc1)C(=O)O. The van der Waals surface area contributed by atoms with E-state index in [0.717, 1.165) is 5.56 Å². The van der Waals surface area contributed by atoms with Gasteiger partial charge < -0.3 is 31.9 Å². The fourth-order valence-corrected chi connectivity index (χ4v) is 2.31. The maximum atomic E-state index is 12.0. The van der Waals surface area contributed by atoms with Crippen molar-refractivity contribution in [2.24, 2.45) is 5.73 Å². The van der Waals surface area contributed by atoms with E-state index in [2.05, 4.69) is 28.6 Å². The molecule has 0 bridgehead atoms. The van der Waals surface area contributed by atoms with Crippen molar-refractivity contribution >= 4 is 36.3 Å². The summed E-state index contributed by atoms with van der Waals surface area (Å²) in [5, 5.41) is 25.3. The van der Waals surface area contributed by atoms with Gasteiger partial charge in [0.25, 0.3) is 0 Å². The van der Waals surface area contributed by atoms with Crippen molar-refractivity contribution in [2.75, 3.05) is 18.9 Å². The molecule has 0 fully saturated rings. The summed E-state index contributed by atoms with van der Waals surface area (Å²) in [6, 6.07) is 5.31. The number of carbonyl (C=O) groups is 4. The number of thiol groups is 1. The molecule has 0 aliphatic heterocycles. The van der Waals surface area contributed by atoms with Gasteiger partial charge in [0.15, 0.2) is 0 Å². The van der Waals surface area contributed by atoms with Crippen LogP contribution < -0.4 is 21.7 Å². The van der Waals surface area contributed by atoms with Gasteiger partial charge in [-0.05, 0) is 5.56 Å². The summed E-state index contributed by atoms with van der Waals surface area (Å²) in [6.07, 6.45) is 0.0762. The van der Waals surface area contributed by atoms with E-state index >= 15 is 0 Å². The molecule has 1 aromatic carbocycles. The normalized spacial score (nSPS) is 13.7. The lowest BCUT2D eigenvalue weighted by Gasteiger charge is -2.19. The van der Waals surface area contributed by atoms with Crippen LogP contribution in [0.1, 0.15) is 5.56 Å². The third-order valence-corrected chi connectivity index (χ3v) is 4.08. The van der Waals surface area contributed by atoms with Gasteiger partial charge in [-0.25, -0.2) is 4.79 Å². The second-order valence-electron chi connectivity index (χ2n) is 5.90.